The molecule has 2 rings (SSSR count). The Hall–Kier alpha value is -2.15. The number of amides is 2. The van der Waals surface area contributed by atoms with Crippen molar-refractivity contribution in [2.24, 2.45) is 5.41 Å². The van der Waals surface area contributed by atoms with Crippen molar-refractivity contribution in [3.63, 3.8) is 0 Å². The van der Waals surface area contributed by atoms with Crippen molar-refractivity contribution in [2.75, 3.05) is 20.8 Å². The van der Waals surface area contributed by atoms with Crippen molar-refractivity contribution < 1.29 is 19.1 Å². The normalized spacial score (nSPS) is 15.3. The Balaban J connectivity index is 1.90. The van der Waals surface area contributed by atoms with E-state index in [2.05, 4.69) is 15.8 Å². The topological polar surface area (TPSA) is 89.6 Å². The first-order valence-corrected chi connectivity index (χ1v) is 6.21. The fourth-order valence-electron chi connectivity index (χ4n) is 1.84. The Kier molecular flexibility index (Phi) is 4.19. The summed E-state index contributed by atoms with van der Waals surface area (Å²) in [6.07, 6.45) is 2.99. The van der Waals surface area contributed by atoms with E-state index in [-0.39, 0.29) is 11.6 Å². The van der Waals surface area contributed by atoms with Crippen LogP contribution in [0.1, 0.15) is 23.3 Å². The van der Waals surface area contributed by atoms with Gasteiger partial charge in [0.05, 0.1) is 19.1 Å². The minimum Gasteiger partial charge on any atom is -0.497 e. The molecule has 1 aliphatic carbocycles. The molecular weight excluding hydrogens is 262 g/mol. The minimum atomic E-state index is -0.496. The maximum Gasteiger partial charge on any atom is 0.288 e. The Morgan fingerprint density at radius 3 is 2.70 bits per heavy atom. The smallest absolute Gasteiger partial charge is 0.288 e. The number of hydrogen-bond donors (Lipinski definition) is 2. The molecule has 20 heavy (non-hydrogen) atoms. The molecule has 0 bridgehead atoms. The third-order valence-electron chi connectivity index (χ3n) is 3.25. The largest absolute Gasteiger partial charge is 0.497 e. The third-order valence-corrected chi connectivity index (χ3v) is 3.25. The maximum absolute atomic E-state index is 11.9. The van der Waals surface area contributed by atoms with Crippen LogP contribution in [-0.2, 0) is 9.53 Å². The van der Waals surface area contributed by atoms with Gasteiger partial charge in [0.25, 0.3) is 5.91 Å². The predicted molar refractivity (Wildman–Crippen MR) is 69.9 cm³/mol. The van der Waals surface area contributed by atoms with E-state index in [4.69, 9.17) is 9.47 Å². The van der Waals surface area contributed by atoms with Crippen LogP contribution in [-0.4, -0.2) is 37.6 Å². The summed E-state index contributed by atoms with van der Waals surface area (Å²) in [7, 11) is 3.05. The molecule has 2 amide bonds. The highest BCUT2D eigenvalue weighted by molar-refractivity contribution is 5.95. The molecule has 0 radical (unpaired) electrons. The Bertz CT molecular complexity index is 514. The molecule has 1 aromatic heterocycles. The van der Waals surface area contributed by atoms with Gasteiger partial charge < -0.3 is 9.47 Å². The maximum atomic E-state index is 11.9. The van der Waals surface area contributed by atoms with Gasteiger partial charge in [-0.05, 0) is 18.9 Å². The average molecular weight is 279 g/mol. The average Bonchev–Trinajstić information content (AvgIpc) is 3.25. The Labute approximate surface area is 116 Å². The van der Waals surface area contributed by atoms with Crippen LogP contribution in [0, 0.1) is 5.41 Å². The van der Waals surface area contributed by atoms with E-state index in [1.54, 1.807) is 13.2 Å². The predicted octanol–water partition coefficient (Wildman–Crippen LogP) is 0.278. The van der Waals surface area contributed by atoms with Gasteiger partial charge in [-0.1, -0.05) is 0 Å². The second-order valence-electron chi connectivity index (χ2n) is 4.70. The second kappa shape index (κ2) is 5.87. The molecule has 1 saturated carbocycles. The highest BCUT2D eigenvalue weighted by Gasteiger charge is 2.50. The van der Waals surface area contributed by atoms with Gasteiger partial charge in [0, 0.05) is 19.4 Å². The Morgan fingerprint density at radius 1 is 1.35 bits per heavy atom. The number of hydrogen-bond acceptors (Lipinski definition) is 5. The number of aromatic nitrogens is 1. The van der Waals surface area contributed by atoms with Crippen molar-refractivity contribution in [3.8, 4) is 5.75 Å². The van der Waals surface area contributed by atoms with Gasteiger partial charge >= 0.3 is 0 Å². The van der Waals surface area contributed by atoms with Gasteiger partial charge in [-0.25, -0.2) is 0 Å². The van der Waals surface area contributed by atoms with Crippen molar-refractivity contribution in [2.45, 2.75) is 12.8 Å². The molecule has 0 saturated heterocycles. The number of rotatable bonds is 5. The number of carbonyl (C=O) groups excluding carboxylic acids is 2. The fraction of sp³-hybridized carbons (Fsp3) is 0.462. The molecule has 0 aliphatic heterocycles. The lowest BCUT2D eigenvalue weighted by atomic mass is 10.1. The zero-order chi connectivity index (χ0) is 14.6. The molecule has 0 spiro atoms. The fourth-order valence-corrected chi connectivity index (χ4v) is 1.84. The lowest BCUT2D eigenvalue weighted by Gasteiger charge is -2.14. The van der Waals surface area contributed by atoms with Gasteiger partial charge in [0.15, 0.2) is 0 Å². The summed E-state index contributed by atoms with van der Waals surface area (Å²) < 4.78 is 10.0. The van der Waals surface area contributed by atoms with Crippen molar-refractivity contribution >= 4 is 11.8 Å². The van der Waals surface area contributed by atoms with E-state index >= 15 is 0 Å². The minimum absolute atomic E-state index is 0.168. The number of pyridine rings is 1. The third kappa shape index (κ3) is 3.05. The summed E-state index contributed by atoms with van der Waals surface area (Å²) in [5.74, 6) is -0.212. The van der Waals surface area contributed by atoms with Gasteiger partial charge in [-0.3, -0.25) is 25.4 Å². The first-order valence-electron chi connectivity index (χ1n) is 6.21. The van der Waals surface area contributed by atoms with Crippen LogP contribution in [0.3, 0.4) is 0 Å². The highest BCUT2D eigenvalue weighted by Crippen LogP contribution is 2.45. The molecule has 0 atom stereocenters. The van der Waals surface area contributed by atoms with E-state index < -0.39 is 11.3 Å². The molecule has 7 heteroatoms. The quantitative estimate of drug-likeness (QED) is 0.756. The van der Waals surface area contributed by atoms with Crippen molar-refractivity contribution in [1.29, 1.82) is 0 Å². The SMILES string of the molecule is COCC1(C(=O)NNC(=O)c2cc(OC)ccn2)CC1. The summed E-state index contributed by atoms with van der Waals surface area (Å²) in [5.41, 5.74) is 4.42. The summed E-state index contributed by atoms with van der Waals surface area (Å²) in [6, 6.07) is 3.12. The zero-order valence-corrected chi connectivity index (χ0v) is 11.4. The molecule has 1 aromatic rings. The lowest BCUT2D eigenvalue weighted by Crippen LogP contribution is -2.46. The van der Waals surface area contributed by atoms with Gasteiger partial charge in [-0.2, -0.15) is 0 Å². The van der Waals surface area contributed by atoms with E-state index in [1.807, 2.05) is 0 Å². The molecule has 1 aliphatic rings. The van der Waals surface area contributed by atoms with Gasteiger partial charge in [-0.15, -0.1) is 0 Å². The number of ether oxygens (including phenoxy) is 2. The lowest BCUT2D eigenvalue weighted by molar-refractivity contribution is -0.129. The zero-order valence-electron chi connectivity index (χ0n) is 11.4. The molecule has 1 fully saturated rings. The number of nitrogens with zero attached hydrogens (tertiary/aromatic N) is 1. The number of hydrazine groups is 1. The van der Waals surface area contributed by atoms with Crippen LogP contribution in [0.4, 0.5) is 0 Å². The van der Waals surface area contributed by atoms with Gasteiger partial charge in [0.1, 0.15) is 11.4 Å². The molecule has 7 nitrogen and oxygen atoms in total. The molecular formula is C13H17N3O4. The van der Waals surface area contributed by atoms with E-state index in [0.717, 1.165) is 12.8 Å². The van der Waals surface area contributed by atoms with E-state index in [0.29, 0.717) is 12.4 Å². The highest BCUT2D eigenvalue weighted by atomic mass is 16.5. The van der Waals surface area contributed by atoms with Gasteiger partial charge in [0.2, 0.25) is 5.91 Å². The van der Waals surface area contributed by atoms with E-state index in [1.165, 1.54) is 19.4 Å². The Morgan fingerprint density at radius 2 is 2.10 bits per heavy atom. The first kappa shape index (κ1) is 14.3. The van der Waals surface area contributed by atoms with Crippen LogP contribution < -0.4 is 15.6 Å². The molecule has 0 unspecified atom stereocenters. The van der Waals surface area contributed by atoms with Crippen LogP contribution in [0.2, 0.25) is 0 Å². The first-order chi connectivity index (χ1) is 9.61. The van der Waals surface area contributed by atoms with Crippen LogP contribution >= 0.6 is 0 Å². The summed E-state index contributed by atoms with van der Waals surface area (Å²) >= 11 is 0. The molecule has 108 valence electrons. The number of carbonyl (C=O) groups is 2. The molecule has 1 heterocycles. The van der Waals surface area contributed by atoms with Crippen LogP contribution in [0.15, 0.2) is 18.3 Å². The molecule has 2 N–H and O–H groups in total. The van der Waals surface area contributed by atoms with Crippen LogP contribution in [0.25, 0.3) is 0 Å². The van der Waals surface area contributed by atoms with Crippen molar-refractivity contribution in [1.82, 2.24) is 15.8 Å². The number of methoxy groups -OCH3 is 2. The second-order valence-corrected chi connectivity index (χ2v) is 4.70. The standard InChI is InChI=1S/C13H17N3O4/c1-19-8-13(4-5-13)12(18)16-15-11(17)10-7-9(20-2)3-6-14-10/h3,6-7H,4-5,8H2,1-2H3,(H,15,17)(H,16,18). The molecule has 0 aromatic carbocycles. The summed E-state index contributed by atoms with van der Waals surface area (Å²) in [6.45, 7) is 0.353. The summed E-state index contributed by atoms with van der Waals surface area (Å²) in [4.78, 5) is 27.7. The van der Waals surface area contributed by atoms with Crippen LogP contribution in [0.5, 0.6) is 5.75 Å². The van der Waals surface area contributed by atoms with Crippen molar-refractivity contribution in [3.05, 3.63) is 24.0 Å². The number of nitrogens with one attached hydrogen (secondary N) is 2. The summed E-state index contributed by atoms with van der Waals surface area (Å²) in [5, 5.41) is 0. The monoisotopic (exact) mass is 279 g/mol. The van der Waals surface area contributed by atoms with E-state index in [9.17, 15) is 9.59 Å².